The van der Waals surface area contributed by atoms with Crippen LogP contribution in [0, 0.1) is 0 Å². The molecule has 2 aliphatic rings. The minimum absolute atomic E-state index is 0.135. The van der Waals surface area contributed by atoms with Crippen molar-refractivity contribution in [2.24, 2.45) is 0 Å². The Morgan fingerprint density at radius 1 is 1.26 bits per heavy atom. The molecule has 1 aliphatic heterocycles. The molecule has 3 unspecified atom stereocenters. The van der Waals surface area contributed by atoms with E-state index >= 15 is 0 Å². The molecule has 0 bridgehead atoms. The smallest absolute Gasteiger partial charge is 0.317 e. The second-order valence-corrected chi connectivity index (χ2v) is 5.85. The van der Waals surface area contributed by atoms with Crippen LogP contribution in [0.4, 0.5) is 4.79 Å². The number of amides is 2. The lowest BCUT2D eigenvalue weighted by Gasteiger charge is -2.33. The summed E-state index contributed by atoms with van der Waals surface area (Å²) >= 11 is 0. The molecule has 3 rings (SSSR count). The van der Waals surface area contributed by atoms with E-state index in [2.05, 4.69) is 36.5 Å². The zero-order chi connectivity index (χ0) is 13.2. The molecule has 2 amide bonds. The largest absolute Gasteiger partial charge is 0.335 e. The van der Waals surface area contributed by atoms with Crippen LogP contribution in [0.1, 0.15) is 44.1 Å². The van der Waals surface area contributed by atoms with Gasteiger partial charge in [-0.1, -0.05) is 30.3 Å². The van der Waals surface area contributed by atoms with Crippen LogP contribution in [0.3, 0.4) is 0 Å². The topological polar surface area (TPSA) is 32.3 Å². The number of benzene rings is 1. The maximum absolute atomic E-state index is 12.3. The van der Waals surface area contributed by atoms with Gasteiger partial charge in [0.05, 0.1) is 0 Å². The highest BCUT2D eigenvalue weighted by atomic mass is 16.2. The van der Waals surface area contributed by atoms with Crippen LogP contribution in [-0.2, 0) is 0 Å². The van der Waals surface area contributed by atoms with E-state index < -0.39 is 0 Å². The molecule has 1 heterocycles. The summed E-state index contributed by atoms with van der Waals surface area (Å²) in [6.45, 7) is 3.07. The summed E-state index contributed by atoms with van der Waals surface area (Å²) in [5, 5.41) is 3.19. The van der Waals surface area contributed by atoms with Crippen LogP contribution in [0.15, 0.2) is 30.3 Å². The number of nitrogens with one attached hydrogen (secondary N) is 1. The van der Waals surface area contributed by atoms with Gasteiger partial charge >= 0.3 is 6.03 Å². The van der Waals surface area contributed by atoms with Crippen LogP contribution in [0.2, 0.25) is 0 Å². The number of piperidine rings is 1. The van der Waals surface area contributed by atoms with E-state index in [4.69, 9.17) is 0 Å². The summed E-state index contributed by atoms with van der Waals surface area (Å²) in [5.41, 5.74) is 1.35. The van der Waals surface area contributed by atoms with E-state index in [0.29, 0.717) is 18.0 Å². The van der Waals surface area contributed by atoms with Crippen LogP contribution in [0.25, 0.3) is 0 Å². The van der Waals surface area contributed by atoms with Crippen molar-refractivity contribution in [3.63, 3.8) is 0 Å². The number of hydrogen-bond acceptors (Lipinski definition) is 1. The highest BCUT2D eigenvalue weighted by molar-refractivity contribution is 5.75. The monoisotopic (exact) mass is 258 g/mol. The SMILES string of the molecule is CC1CCCCN1C(=O)NC1CC1c1ccccc1. The fourth-order valence-electron chi connectivity index (χ4n) is 3.06. The van der Waals surface area contributed by atoms with E-state index in [1.807, 2.05) is 11.0 Å². The number of rotatable bonds is 2. The summed E-state index contributed by atoms with van der Waals surface area (Å²) in [6, 6.07) is 11.3. The second-order valence-electron chi connectivity index (χ2n) is 5.85. The Morgan fingerprint density at radius 3 is 2.79 bits per heavy atom. The van der Waals surface area contributed by atoms with E-state index in [-0.39, 0.29) is 6.03 Å². The first kappa shape index (κ1) is 12.5. The lowest BCUT2D eigenvalue weighted by Crippen LogP contribution is -2.48. The maximum Gasteiger partial charge on any atom is 0.317 e. The lowest BCUT2D eigenvalue weighted by molar-refractivity contribution is 0.157. The molecule has 1 N–H and O–H groups in total. The number of likely N-dealkylation sites (tertiary alicyclic amines) is 1. The fraction of sp³-hybridized carbons (Fsp3) is 0.562. The highest BCUT2D eigenvalue weighted by Crippen LogP contribution is 2.40. The third-order valence-corrected chi connectivity index (χ3v) is 4.39. The number of carbonyl (C=O) groups excluding carboxylic acids is 1. The normalized spacial score (nSPS) is 29.9. The van der Waals surface area contributed by atoms with Gasteiger partial charge in [0.25, 0.3) is 0 Å². The van der Waals surface area contributed by atoms with Gasteiger partial charge in [-0.2, -0.15) is 0 Å². The molecule has 19 heavy (non-hydrogen) atoms. The summed E-state index contributed by atoms with van der Waals surface area (Å²) in [5.74, 6) is 0.519. The summed E-state index contributed by atoms with van der Waals surface area (Å²) in [7, 11) is 0. The molecule has 3 atom stereocenters. The molecule has 3 heteroatoms. The maximum atomic E-state index is 12.3. The van der Waals surface area contributed by atoms with E-state index in [0.717, 1.165) is 25.8 Å². The van der Waals surface area contributed by atoms with Gasteiger partial charge in [-0.25, -0.2) is 4.79 Å². The molecular formula is C16H22N2O. The molecule has 1 aromatic carbocycles. The predicted octanol–water partition coefficient (Wildman–Crippen LogP) is 3.13. The van der Waals surface area contributed by atoms with Gasteiger partial charge in [0.2, 0.25) is 0 Å². The van der Waals surface area contributed by atoms with Crippen molar-refractivity contribution in [3.8, 4) is 0 Å². The second kappa shape index (κ2) is 5.24. The Kier molecular flexibility index (Phi) is 3.45. The fourth-order valence-corrected chi connectivity index (χ4v) is 3.06. The van der Waals surface area contributed by atoms with Gasteiger partial charge < -0.3 is 10.2 Å². The van der Waals surface area contributed by atoms with Crippen molar-refractivity contribution < 1.29 is 4.79 Å². The molecule has 0 aromatic heterocycles. The molecule has 1 saturated heterocycles. The predicted molar refractivity (Wildman–Crippen MR) is 76.1 cm³/mol. The number of carbonyl (C=O) groups is 1. The average molecular weight is 258 g/mol. The van der Waals surface area contributed by atoms with Gasteiger partial charge in [-0.3, -0.25) is 0 Å². The summed E-state index contributed by atoms with van der Waals surface area (Å²) < 4.78 is 0. The Morgan fingerprint density at radius 2 is 2.05 bits per heavy atom. The Balaban J connectivity index is 1.54. The van der Waals surface area contributed by atoms with Gasteiger partial charge in [-0.15, -0.1) is 0 Å². The zero-order valence-corrected chi connectivity index (χ0v) is 11.5. The molecule has 1 saturated carbocycles. The molecule has 0 spiro atoms. The summed E-state index contributed by atoms with van der Waals surface area (Å²) in [4.78, 5) is 14.3. The lowest BCUT2D eigenvalue weighted by atomic mass is 10.0. The van der Waals surface area contributed by atoms with Crippen LogP contribution >= 0.6 is 0 Å². The van der Waals surface area contributed by atoms with Crippen LogP contribution < -0.4 is 5.32 Å². The third-order valence-electron chi connectivity index (χ3n) is 4.39. The van der Waals surface area contributed by atoms with E-state index in [9.17, 15) is 4.79 Å². The molecule has 1 aromatic rings. The van der Waals surface area contributed by atoms with Crippen LogP contribution in [-0.4, -0.2) is 29.6 Å². The number of nitrogens with zero attached hydrogens (tertiary/aromatic N) is 1. The van der Waals surface area contributed by atoms with Crippen molar-refractivity contribution >= 4 is 6.03 Å². The Hall–Kier alpha value is -1.51. The average Bonchev–Trinajstić information content (AvgIpc) is 3.19. The zero-order valence-electron chi connectivity index (χ0n) is 11.5. The number of urea groups is 1. The van der Waals surface area contributed by atoms with Crippen molar-refractivity contribution in [1.29, 1.82) is 0 Å². The summed E-state index contributed by atoms with van der Waals surface area (Å²) in [6.07, 6.45) is 4.61. The molecule has 2 fully saturated rings. The van der Waals surface area contributed by atoms with Crippen molar-refractivity contribution in [3.05, 3.63) is 35.9 Å². The molecule has 3 nitrogen and oxygen atoms in total. The van der Waals surface area contributed by atoms with Gasteiger partial charge in [0, 0.05) is 24.5 Å². The van der Waals surface area contributed by atoms with Gasteiger partial charge in [0.1, 0.15) is 0 Å². The first-order valence-electron chi connectivity index (χ1n) is 7.38. The van der Waals surface area contributed by atoms with Crippen molar-refractivity contribution in [2.45, 2.75) is 50.6 Å². The molecule has 102 valence electrons. The van der Waals surface area contributed by atoms with Gasteiger partial charge in [-0.05, 0) is 38.2 Å². The first-order valence-corrected chi connectivity index (χ1v) is 7.38. The minimum Gasteiger partial charge on any atom is -0.335 e. The quantitative estimate of drug-likeness (QED) is 0.868. The Labute approximate surface area is 115 Å². The minimum atomic E-state index is 0.135. The standard InChI is InChI=1S/C16H22N2O/c1-12-7-5-6-10-18(12)16(19)17-15-11-14(15)13-8-3-2-4-9-13/h2-4,8-9,12,14-15H,5-7,10-11H2,1H3,(H,17,19). The first-order chi connectivity index (χ1) is 9.25. The molecule has 0 radical (unpaired) electrons. The third kappa shape index (κ3) is 2.75. The Bertz CT molecular complexity index is 445. The van der Waals surface area contributed by atoms with Gasteiger partial charge in [0.15, 0.2) is 0 Å². The highest BCUT2D eigenvalue weighted by Gasteiger charge is 2.40. The molecular weight excluding hydrogens is 236 g/mol. The van der Waals surface area contributed by atoms with Crippen LogP contribution in [0.5, 0.6) is 0 Å². The van der Waals surface area contributed by atoms with E-state index in [1.54, 1.807) is 0 Å². The van der Waals surface area contributed by atoms with Crippen molar-refractivity contribution in [1.82, 2.24) is 10.2 Å². The van der Waals surface area contributed by atoms with Crippen molar-refractivity contribution in [2.75, 3.05) is 6.54 Å². The number of hydrogen-bond donors (Lipinski definition) is 1. The molecule has 1 aliphatic carbocycles. The van der Waals surface area contributed by atoms with E-state index in [1.165, 1.54) is 12.0 Å².